The maximum atomic E-state index is 13.1. The van der Waals surface area contributed by atoms with E-state index in [1.54, 1.807) is 0 Å². The van der Waals surface area contributed by atoms with Gasteiger partial charge >= 0.3 is 6.18 Å². The zero-order chi connectivity index (χ0) is 22.1. The van der Waals surface area contributed by atoms with Crippen LogP contribution in [0.2, 0.25) is 0 Å². The minimum absolute atomic E-state index is 0.0180. The number of anilines is 2. The fourth-order valence-electron chi connectivity index (χ4n) is 3.47. The number of hydrogen-bond donors (Lipinski definition) is 2. The van der Waals surface area contributed by atoms with E-state index in [0.29, 0.717) is 12.6 Å². The van der Waals surface area contributed by atoms with Crippen molar-refractivity contribution in [2.45, 2.75) is 31.5 Å². The Kier molecular flexibility index (Phi) is 6.11. The molecule has 30 heavy (non-hydrogen) atoms. The van der Waals surface area contributed by atoms with Crippen molar-refractivity contribution in [2.75, 3.05) is 23.3 Å². The highest BCUT2D eigenvalue weighted by Crippen LogP contribution is 2.34. The summed E-state index contributed by atoms with van der Waals surface area (Å²) in [7, 11) is 0. The van der Waals surface area contributed by atoms with Gasteiger partial charge in [-0.15, -0.1) is 0 Å². The van der Waals surface area contributed by atoms with Crippen molar-refractivity contribution >= 4 is 33.2 Å². The van der Waals surface area contributed by atoms with Gasteiger partial charge in [0, 0.05) is 22.4 Å². The van der Waals surface area contributed by atoms with Crippen LogP contribution in [0, 0.1) is 11.3 Å². The molecule has 0 saturated heterocycles. The van der Waals surface area contributed by atoms with Crippen molar-refractivity contribution in [1.29, 1.82) is 5.26 Å². The molecule has 0 bridgehead atoms. The molecule has 0 spiro atoms. The molecular formula is C21H19BrF3N3O2. The van der Waals surface area contributed by atoms with Gasteiger partial charge in [0.25, 0.3) is 5.91 Å². The van der Waals surface area contributed by atoms with Gasteiger partial charge in [0.1, 0.15) is 0 Å². The van der Waals surface area contributed by atoms with Crippen LogP contribution in [0.5, 0.6) is 0 Å². The van der Waals surface area contributed by atoms with Gasteiger partial charge in [-0.05, 0) is 61.7 Å². The Hall–Kier alpha value is -2.57. The molecule has 158 valence electrons. The van der Waals surface area contributed by atoms with E-state index in [0.717, 1.165) is 34.6 Å². The fraction of sp³-hybridized carbons (Fsp3) is 0.333. The van der Waals surface area contributed by atoms with Crippen LogP contribution in [-0.2, 0) is 17.4 Å². The van der Waals surface area contributed by atoms with Crippen LogP contribution in [0.3, 0.4) is 0 Å². The number of hydrogen-bond acceptors (Lipinski definition) is 4. The summed E-state index contributed by atoms with van der Waals surface area (Å²) in [5, 5.41) is 22.0. The molecule has 1 atom stereocenters. The Morgan fingerprint density at radius 2 is 2.03 bits per heavy atom. The molecule has 2 aromatic carbocycles. The third kappa shape index (κ3) is 4.77. The molecular weight excluding hydrogens is 463 g/mol. The second-order valence-corrected chi connectivity index (χ2v) is 8.31. The van der Waals surface area contributed by atoms with Gasteiger partial charge < -0.3 is 15.3 Å². The van der Waals surface area contributed by atoms with E-state index in [2.05, 4.69) is 21.2 Å². The monoisotopic (exact) mass is 481 g/mol. The second kappa shape index (κ2) is 8.28. The van der Waals surface area contributed by atoms with Gasteiger partial charge in [0.2, 0.25) is 0 Å². The number of rotatable bonds is 4. The number of fused-ring (bicyclic) bond motifs is 1. The summed E-state index contributed by atoms with van der Waals surface area (Å²) in [5.74, 6) is -0.829. The van der Waals surface area contributed by atoms with Gasteiger partial charge in [-0.25, -0.2) is 0 Å². The van der Waals surface area contributed by atoms with Crippen LogP contribution in [0.15, 0.2) is 40.9 Å². The van der Waals surface area contributed by atoms with Crippen LogP contribution in [0.1, 0.15) is 30.0 Å². The van der Waals surface area contributed by atoms with Gasteiger partial charge in [-0.3, -0.25) is 4.79 Å². The lowest BCUT2D eigenvalue weighted by Crippen LogP contribution is -2.50. The minimum atomic E-state index is -4.74. The Bertz CT molecular complexity index is 1020. The lowest BCUT2D eigenvalue weighted by Gasteiger charge is -2.36. The first kappa shape index (κ1) is 22.1. The standard InChI is InChI=1S/C21H19BrF3N3O2/c1-20(30,12-28-8-2-3-13-9-15(22)5-7-18(13)28)19(29)27-16-6-4-14(11-26)17(10-16)21(23,24)25/h4-7,9-10,30H,2-3,8,12H2,1H3,(H,27,29)/t20-/m0/s1. The average Bonchev–Trinajstić information content (AvgIpc) is 2.67. The van der Waals surface area contributed by atoms with Crippen molar-refractivity contribution in [1.82, 2.24) is 0 Å². The number of amides is 1. The molecule has 0 radical (unpaired) electrons. The first-order valence-corrected chi connectivity index (χ1v) is 9.99. The Morgan fingerprint density at radius 1 is 1.30 bits per heavy atom. The van der Waals surface area contributed by atoms with Crippen molar-refractivity contribution in [3.8, 4) is 6.07 Å². The van der Waals surface area contributed by atoms with E-state index in [1.165, 1.54) is 19.1 Å². The Morgan fingerprint density at radius 3 is 2.70 bits per heavy atom. The molecule has 0 saturated carbocycles. The molecule has 9 heteroatoms. The van der Waals surface area contributed by atoms with E-state index in [9.17, 15) is 23.1 Å². The van der Waals surface area contributed by atoms with Crippen molar-refractivity contribution in [2.24, 2.45) is 0 Å². The van der Waals surface area contributed by atoms with Crippen molar-refractivity contribution < 1.29 is 23.1 Å². The SMILES string of the molecule is C[C@](O)(CN1CCCc2cc(Br)ccc21)C(=O)Nc1ccc(C#N)c(C(F)(F)F)c1. The van der Waals surface area contributed by atoms with Gasteiger partial charge in [0.05, 0.1) is 23.7 Å². The number of nitriles is 1. The van der Waals surface area contributed by atoms with E-state index < -0.39 is 28.8 Å². The number of alkyl halides is 3. The number of aryl methyl sites for hydroxylation is 1. The Balaban J connectivity index is 1.79. The number of carbonyl (C=O) groups excluding carboxylic acids is 1. The van der Waals surface area contributed by atoms with Crippen molar-refractivity contribution in [3.05, 3.63) is 57.6 Å². The first-order chi connectivity index (χ1) is 14.0. The summed E-state index contributed by atoms with van der Waals surface area (Å²) in [6.07, 6.45) is -3.00. The molecule has 1 heterocycles. The van der Waals surface area contributed by atoms with Gasteiger partial charge in [-0.2, -0.15) is 18.4 Å². The smallest absolute Gasteiger partial charge is 0.378 e. The van der Waals surface area contributed by atoms with Crippen LogP contribution < -0.4 is 10.2 Å². The normalized spacial score (nSPS) is 15.7. The van der Waals surface area contributed by atoms with E-state index in [4.69, 9.17) is 5.26 Å². The Labute approximate surface area is 180 Å². The number of β-amino-alcohol motifs (C(OH)–C–C–N with tert-alkyl or cyclic N) is 1. The average molecular weight is 482 g/mol. The lowest BCUT2D eigenvalue weighted by atomic mass is 9.98. The molecule has 1 aliphatic heterocycles. The first-order valence-electron chi connectivity index (χ1n) is 9.20. The fourth-order valence-corrected chi connectivity index (χ4v) is 3.88. The number of halogens is 4. The lowest BCUT2D eigenvalue weighted by molar-refractivity contribution is -0.138. The largest absolute Gasteiger partial charge is 0.417 e. The summed E-state index contributed by atoms with van der Waals surface area (Å²) in [6.45, 7) is 1.95. The number of nitrogens with zero attached hydrogens (tertiary/aromatic N) is 2. The molecule has 5 nitrogen and oxygen atoms in total. The maximum Gasteiger partial charge on any atom is 0.417 e. The predicted molar refractivity (Wildman–Crippen MR) is 110 cm³/mol. The third-order valence-corrected chi connectivity index (χ3v) is 5.44. The molecule has 3 rings (SSSR count). The quantitative estimate of drug-likeness (QED) is 0.674. The van der Waals surface area contributed by atoms with Gasteiger partial charge in [-0.1, -0.05) is 15.9 Å². The number of nitrogens with one attached hydrogen (secondary N) is 1. The highest BCUT2D eigenvalue weighted by Gasteiger charge is 2.36. The highest BCUT2D eigenvalue weighted by molar-refractivity contribution is 9.10. The molecule has 1 aliphatic rings. The van der Waals surface area contributed by atoms with E-state index >= 15 is 0 Å². The molecule has 0 unspecified atom stereocenters. The predicted octanol–water partition coefficient (Wildman–Crippen LogP) is 4.48. The number of carbonyl (C=O) groups is 1. The van der Waals surface area contributed by atoms with Crippen LogP contribution in [0.25, 0.3) is 0 Å². The summed E-state index contributed by atoms with van der Waals surface area (Å²) < 4.78 is 40.4. The van der Waals surface area contributed by atoms with Crippen LogP contribution in [0.4, 0.5) is 24.5 Å². The van der Waals surface area contributed by atoms with Gasteiger partial charge in [0.15, 0.2) is 5.60 Å². The second-order valence-electron chi connectivity index (χ2n) is 7.40. The summed E-state index contributed by atoms with van der Waals surface area (Å²) in [4.78, 5) is 14.5. The molecule has 1 amide bonds. The summed E-state index contributed by atoms with van der Waals surface area (Å²) in [5.41, 5.74) is -1.67. The molecule has 0 aliphatic carbocycles. The van der Waals surface area contributed by atoms with E-state index in [1.807, 2.05) is 23.1 Å². The maximum absolute atomic E-state index is 13.1. The molecule has 2 N–H and O–H groups in total. The number of benzene rings is 2. The highest BCUT2D eigenvalue weighted by atomic mass is 79.9. The van der Waals surface area contributed by atoms with Crippen LogP contribution in [-0.4, -0.2) is 29.7 Å². The zero-order valence-corrected chi connectivity index (χ0v) is 17.6. The van der Waals surface area contributed by atoms with Crippen molar-refractivity contribution in [3.63, 3.8) is 0 Å². The van der Waals surface area contributed by atoms with E-state index in [-0.39, 0.29) is 12.2 Å². The third-order valence-electron chi connectivity index (χ3n) is 4.95. The zero-order valence-electron chi connectivity index (χ0n) is 16.1. The molecule has 0 fully saturated rings. The minimum Gasteiger partial charge on any atom is -0.378 e. The topological polar surface area (TPSA) is 76.4 Å². The summed E-state index contributed by atoms with van der Waals surface area (Å²) in [6, 6.07) is 10.2. The van der Waals surface area contributed by atoms with Crippen LogP contribution >= 0.6 is 15.9 Å². The molecule has 0 aromatic heterocycles. The molecule has 2 aromatic rings. The summed E-state index contributed by atoms with van der Waals surface area (Å²) >= 11 is 3.43. The number of aliphatic hydroxyl groups is 1.